The van der Waals surface area contributed by atoms with Gasteiger partial charge in [-0.3, -0.25) is 14.2 Å². The molecule has 0 aliphatic carbocycles. The first-order valence-corrected chi connectivity index (χ1v) is 8.39. The van der Waals surface area contributed by atoms with Crippen LogP contribution in [0, 0.1) is 13.8 Å². The molecule has 0 spiro atoms. The van der Waals surface area contributed by atoms with Crippen molar-refractivity contribution in [1.29, 1.82) is 0 Å². The van der Waals surface area contributed by atoms with Crippen LogP contribution in [0.2, 0.25) is 10.0 Å². The fraction of sp³-hybridized carbons (Fsp3) is 0.235. The van der Waals surface area contributed by atoms with Crippen molar-refractivity contribution in [2.75, 3.05) is 5.32 Å². The molecule has 2 aromatic heterocycles. The summed E-state index contributed by atoms with van der Waals surface area (Å²) in [5, 5.41) is 12.6. The van der Waals surface area contributed by atoms with Crippen LogP contribution in [0.4, 0.5) is 5.69 Å². The number of aryl methyl sites for hydroxylation is 2. The molecule has 1 amide bonds. The number of benzene rings is 1. The minimum Gasteiger partial charge on any atom is -0.319 e. The molecule has 1 N–H and O–H groups in total. The van der Waals surface area contributed by atoms with E-state index in [0.29, 0.717) is 27.8 Å². The molecule has 1 aromatic carbocycles. The summed E-state index contributed by atoms with van der Waals surface area (Å²) in [6.45, 7) is 4.16. The maximum absolute atomic E-state index is 12.4. The average molecular weight is 378 g/mol. The summed E-state index contributed by atoms with van der Waals surface area (Å²) in [6.07, 6.45) is 3.18. The maximum atomic E-state index is 12.4. The molecule has 0 aliphatic heterocycles. The summed E-state index contributed by atoms with van der Waals surface area (Å²) in [4.78, 5) is 12.4. The van der Waals surface area contributed by atoms with E-state index in [-0.39, 0.29) is 5.91 Å². The molecular formula is C17H17Cl2N5O. The normalized spacial score (nSPS) is 10.9. The first-order chi connectivity index (χ1) is 11.9. The molecule has 130 valence electrons. The summed E-state index contributed by atoms with van der Waals surface area (Å²) in [5.74, 6) is -0.227. The molecule has 0 fully saturated rings. The van der Waals surface area contributed by atoms with Gasteiger partial charge in [0.2, 0.25) is 0 Å². The standard InChI is InChI=1S/C17H17Cl2N5O/c1-10-16(21-17(25)12-7-20-23(3)8-12)11(2)24(22-10)9-13-14(18)5-4-6-15(13)19/h4-8H,9H2,1-3H3,(H,21,25). The summed E-state index contributed by atoms with van der Waals surface area (Å²) in [6, 6.07) is 5.38. The quantitative estimate of drug-likeness (QED) is 0.750. The van der Waals surface area contributed by atoms with Gasteiger partial charge in [-0.15, -0.1) is 0 Å². The molecule has 2 heterocycles. The molecule has 25 heavy (non-hydrogen) atoms. The number of hydrogen-bond acceptors (Lipinski definition) is 3. The molecule has 0 saturated carbocycles. The predicted molar refractivity (Wildman–Crippen MR) is 98.4 cm³/mol. The van der Waals surface area contributed by atoms with Crippen molar-refractivity contribution in [3.8, 4) is 0 Å². The van der Waals surface area contributed by atoms with Gasteiger partial charge in [0.1, 0.15) is 0 Å². The predicted octanol–water partition coefficient (Wildman–Crippen LogP) is 3.84. The van der Waals surface area contributed by atoms with Crippen LogP contribution in [0.3, 0.4) is 0 Å². The summed E-state index contributed by atoms with van der Waals surface area (Å²) in [5.41, 5.74) is 3.51. The summed E-state index contributed by atoms with van der Waals surface area (Å²) in [7, 11) is 1.76. The van der Waals surface area contributed by atoms with Crippen molar-refractivity contribution in [3.05, 3.63) is 63.2 Å². The van der Waals surface area contributed by atoms with Crippen molar-refractivity contribution in [3.63, 3.8) is 0 Å². The lowest BCUT2D eigenvalue weighted by Gasteiger charge is -2.09. The molecule has 0 atom stereocenters. The molecule has 0 aliphatic rings. The average Bonchev–Trinajstić information content (AvgIpc) is 3.10. The maximum Gasteiger partial charge on any atom is 0.258 e. The van der Waals surface area contributed by atoms with Crippen LogP contribution in [-0.2, 0) is 13.6 Å². The van der Waals surface area contributed by atoms with Gasteiger partial charge in [-0.1, -0.05) is 29.3 Å². The van der Waals surface area contributed by atoms with Gasteiger partial charge in [0.05, 0.1) is 35.4 Å². The lowest BCUT2D eigenvalue weighted by atomic mass is 10.2. The van der Waals surface area contributed by atoms with Crippen molar-refractivity contribution in [2.24, 2.45) is 7.05 Å². The van der Waals surface area contributed by atoms with Crippen LogP contribution in [0.1, 0.15) is 27.3 Å². The second kappa shape index (κ2) is 6.90. The fourth-order valence-corrected chi connectivity index (χ4v) is 3.11. The lowest BCUT2D eigenvalue weighted by Crippen LogP contribution is -2.13. The van der Waals surface area contributed by atoms with Gasteiger partial charge >= 0.3 is 0 Å². The molecule has 0 unspecified atom stereocenters. The number of hydrogen-bond donors (Lipinski definition) is 1. The van der Waals surface area contributed by atoms with E-state index in [2.05, 4.69) is 15.5 Å². The van der Waals surface area contributed by atoms with Gasteiger partial charge in [0.25, 0.3) is 5.91 Å². The third kappa shape index (κ3) is 3.55. The first-order valence-electron chi connectivity index (χ1n) is 7.63. The number of rotatable bonds is 4. The SMILES string of the molecule is Cc1nn(Cc2c(Cl)cccc2Cl)c(C)c1NC(=O)c1cnn(C)c1. The van der Waals surface area contributed by atoms with E-state index in [0.717, 1.165) is 17.0 Å². The highest BCUT2D eigenvalue weighted by Gasteiger charge is 2.17. The molecule has 6 nitrogen and oxygen atoms in total. The number of aromatic nitrogens is 4. The largest absolute Gasteiger partial charge is 0.319 e. The number of carbonyl (C=O) groups excluding carboxylic acids is 1. The molecular weight excluding hydrogens is 361 g/mol. The molecule has 0 radical (unpaired) electrons. The van der Waals surface area contributed by atoms with E-state index in [1.807, 2.05) is 13.8 Å². The van der Waals surface area contributed by atoms with E-state index >= 15 is 0 Å². The van der Waals surface area contributed by atoms with Crippen molar-refractivity contribution in [1.82, 2.24) is 19.6 Å². The number of halogens is 2. The van der Waals surface area contributed by atoms with Crippen LogP contribution in [0.5, 0.6) is 0 Å². The smallest absolute Gasteiger partial charge is 0.258 e. The number of anilines is 1. The highest BCUT2D eigenvalue weighted by molar-refractivity contribution is 6.35. The highest BCUT2D eigenvalue weighted by Crippen LogP contribution is 2.27. The molecule has 3 rings (SSSR count). The van der Waals surface area contributed by atoms with Crippen LogP contribution in [0.15, 0.2) is 30.6 Å². The summed E-state index contributed by atoms with van der Waals surface area (Å²) < 4.78 is 3.36. The zero-order chi connectivity index (χ0) is 18.1. The van der Waals surface area contributed by atoms with Crippen molar-refractivity contribution >= 4 is 34.8 Å². The van der Waals surface area contributed by atoms with E-state index in [9.17, 15) is 4.79 Å². The Hall–Kier alpha value is -2.31. The molecule has 0 saturated heterocycles. The van der Waals surface area contributed by atoms with E-state index in [4.69, 9.17) is 23.2 Å². The second-order valence-corrected chi connectivity index (χ2v) is 6.57. The van der Waals surface area contributed by atoms with Gasteiger partial charge in [0, 0.05) is 28.9 Å². The Kier molecular flexibility index (Phi) is 4.83. The van der Waals surface area contributed by atoms with Crippen molar-refractivity contribution < 1.29 is 4.79 Å². The zero-order valence-corrected chi connectivity index (χ0v) is 15.6. The van der Waals surface area contributed by atoms with Gasteiger partial charge in [-0.25, -0.2) is 0 Å². The zero-order valence-electron chi connectivity index (χ0n) is 14.0. The molecule has 0 bridgehead atoms. The number of amides is 1. The second-order valence-electron chi connectivity index (χ2n) is 5.76. The number of nitrogens with one attached hydrogen (secondary N) is 1. The highest BCUT2D eigenvalue weighted by atomic mass is 35.5. The van der Waals surface area contributed by atoms with Crippen LogP contribution in [-0.4, -0.2) is 25.5 Å². The molecule has 8 heteroatoms. The van der Waals surface area contributed by atoms with Crippen LogP contribution >= 0.6 is 23.2 Å². The van der Waals surface area contributed by atoms with E-state index in [1.165, 1.54) is 6.20 Å². The summed E-state index contributed by atoms with van der Waals surface area (Å²) >= 11 is 12.5. The minimum absolute atomic E-state index is 0.227. The Morgan fingerprint density at radius 3 is 2.52 bits per heavy atom. The minimum atomic E-state index is -0.227. The third-order valence-electron chi connectivity index (χ3n) is 3.96. The first kappa shape index (κ1) is 17.5. The fourth-order valence-electron chi connectivity index (χ4n) is 2.59. The van der Waals surface area contributed by atoms with E-state index < -0.39 is 0 Å². The Morgan fingerprint density at radius 1 is 1.24 bits per heavy atom. The van der Waals surface area contributed by atoms with Crippen molar-refractivity contribution in [2.45, 2.75) is 20.4 Å². The van der Waals surface area contributed by atoms with Crippen LogP contribution < -0.4 is 5.32 Å². The molecule has 3 aromatic rings. The van der Waals surface area contributed by atoms with E-state index in [1.54, 1.807) is 40.8 Å². The Balaban J connectivity index is 1.87. The number of carbonyl (C=O) groups is 1. The third-order valence-corrected chi connectivity index (χ3v) is 4.66. The van der Waals surface area contributed by atoms with Gasteiger partial charge in [-0.2, -0.15) is 10.2 Å². The van der Waals surface area contributed by atoms with Gasteiger partial charge < -0.3 is 5.32 Å². The van der Waals surface area contributed by atoms with Gasteiger partial charge in [-0.05, 0) is 26.0 Å². The Bertz CT molecular complexity index is 924. The monoisotopic (exact) mass is 377 g/mol. The van der Waals surface area contributed by atoms with Gasteiger partial charge in [0.15, 0.2) is 0 Å². The Labute approximate surface area is 155 Å². The Morgan fingerprint density at radius 2 is 1.92 bits per heavy atom. The topological polar surface area (TPSA) is 64.7 Å². The number of nitrogens with zero attached hydrogens (tertiary/aromatic N) is 4. The lowest BCUT2D eigenvalue weighted by molar-refractivity contribution is 0.102. The van der Waals surface area contributed by atoms with Crippen LogP contribution in [0.25, 0.3) is 0 Å².